The van der Waals surface area contributed by atoms with Crippen LogP contribution in [0.5, 0.6) is 11.5 Å². The maximum absolute atomic E-state index is 11.7. The summed E-state index contributed by atoms with van der Waals surface area (Å²) in [6.07, 6.45) is 0. The zero-order valence-corrected chi connectivity index (χ0v) is 11.1. The van der Waals surface area contributed by atoms with Gasteiger partial charge < -0.3 is 24.1 Å². The molecule has 0 aromatic carbocycles. The van der Waals surface area contributed by atoms with Crippen molar-refractivity contribution < 1.29 is 33.6 Å². The van der Waals surface area contributed by atoms with Crippen molar-refractivity contribution >= 4 is 23.3 Å². The van der Waals surface area contributed by atoms with Gasteiger partial charge in [0.05, 0.1) is 20.8 Å². The van der Waals surface area contributed by atoms with Crippen LogP contribution < -0.4 is 9.47 Å². The molecule has 104 valence electrons. The summed E-state index contributed by atoms with van der Waals surface area (Å²) in [6, 6.07) is 0. The highest BCUT2D eigenvalue weighted by molar-refractivity contribution is 7.12. The van der Waals surface area contributed by atoms with Gasteiger partial charge in [0, 0.05) is 5.38 Å². The molecule has 1 aliphatic heterocycles. The summed E-state index contributed by atoms with van der Waals surface area (Å²) in [4.78, 5) is 23.4. The van der Waals surface area contributed by atoms with E-state index in [0.717, 1.165) is 11.3 Å². The van der Waals surface area contributed by atoms with Gasteiger partial charge in [0.2, 0.25) is 0 Å². The lowest BCUT2D eigenvalue weighted by Crippen LogP contribution is -2.55. The van der Waals surface area contributed by atoms with Crippen molar-refractivity contribution in [3.8, 4) is 11.5 Å². The van der Waals surface area contributed by atoms with Gasteiger partial charge in [-0.1, -0.05) is 0 Å². The average Bonchev–Trinajstić information content (AvgIpc) is 2.87. The molecule has 1 aliphatic rings. The lowest BCUT2D eigenvalue weighted by molar-refractivity contribution is -0.168. The Morgan fingerprint density at radius 2 is 2.21 bits per heavy atom. The Morgan fingerprint density at radius 1 is 1.47 bits per heavy atom. The summed E-state index contributed by atoms with van der Waals surface area (Å²) in [5, 5.41) is 10.8. The lowest BCUT2D eigenvalue weighted by Gasteiger charge is -2.33. The number of ether oxygens (including phenoxy) is 4. The summed E-state index contributed by atoms with van der Waals surface area (Å²) in [5.41, 5.74) is -1.60. The first-order chi connectivity index (χ1) is 9.07. The molecule has 0 aliphatic carbocycles. The van der Waals surface area contributed by atoms with Crippen molar-refractivity contribution in [2.75, 3.05) is 27.4 Å². The lowest BCUT2D eigenvalue weighted by atomic mass is 10.1. The second-order valence-corrected chi connectivity index (χ2v) is 4.66. The van der Waals surface area contributed by atoms with Gasteiger partial charge in [0.25, 0.3) is 5.60 Å². The molecule has 2 rings (SSSR count). The number of rotatable bonds is 3. The Balaban J connectivity index is 2.33. The topological polar surface area (TPSA) is 91.3 Å². The summed E-state index contributed by atoms with van der Waals surface area (Å²) in [7, 11) is 2.44. The average molecular weight is 288 g/mol. The van der Waals surface area contributed by atoms with Crippen molar-refractivity contribution in [1.82, 2.24) is 0 Å². The highest BCUT2D eigenvalue weighted by atomic mass is 32.1. The number of carbonyl (C=O) groups is 2. The van der Waals surface area contributed by atoms with E-state index in [1.54, 1.807) is 0 Å². The normalized spacial score (nSPS) is 20.8. The minimum atomic E-state index is -1.60. The van der Waals surface area contributed by atoms with E-state index in [0.29, 0.717) is 0 Å². The van der Waals surface area contributed by atoms with E-state index in [4.69, 9.17) is 9.47 Å². The van der Waals surface area contributed by atoms with Crippen LogP contribution in [0, 0.1) is 0 Å². The van der Waals surface area contributed by atoms with Crippen molar-refractivity contribution in [2.24, 2.45) is 0 Å². The van der Waals surface area contributed by atoms with E-state index in [2.05, 4.69) is 9.47 Å². The largest absolute Gasteiger partial charge is 0.483 e. The highest BCUT2D eigenvalue weighted by Gasteiger charge is 2.47. The zero-order chi connectivity index (χ0) is 14.0. The molecule has 19 heavy (non-hydrogen) atoms. The van der Waals surface area contributed by atoms with Crippen molar-refractivity contribution in [1.29, 1.82) is 0 Å². The van der Waals surface area contributed by atoms with E-state index >= 15 is 0 Å². The number of hydrogen-bond acceptors (Lipinski definition) is 8. The first-order valence-corrected chi connectivity index (χ1v) is 6.17. The predicted molar refractivity (Wildman–Crippen MR) is 63.6 cm³/mol. The summed E-state index contributed by atoms with van der Waals surface area (Å²) < 4.78 is 20.0. The third-order valence-electron chi connectivity index (χ3n) is 2.65. The quantitative estimate of drug-likeness (QED) is 0.795. The van der Waals surface area contributed by atoms with Crippen LogP contribution in [-0.4, -0.2) is 50.1 Å². The van der Waals surface area contributed by atoms with Gasteiger partial charge in [-0.15, -0.1) is 11.3 Å². The zero-order valence-electron chi connectivity index (χ0n) is 10.3. The molecule has 0 amide bonds. The van der Waals surface area contributed by atoms with Gasteiger partial charge in [-0.05, 0) is 0 Å². The third kappa shape index (κ3) is 2.13. The van der Waals surface area contributed by atoms with Gasteiger partial charge in [-0.25, -0.2) is 9.59 Å². The Kier molecular flexibility index (Phi) is 3.63. The fourth-order valence-electron chi connectivity index (χ4n) is 1.63. The monoisotopic (exact) mass is 288 g/mol. The molecule has 1 N–H and O–H groups in total. The van der Waals surface area contributed by atoms with Crippen LogP contribution in [0.1, 0.15) is 9.67 Å². The van der Waals surface area contributed by atoms with Crippen LogP contribution in [0.4, 0.5) is 0 Å². The Morgan fingerprint density at radius 3 is 2.79 bits per heavy atom. The fourth-order valence-corrected chi connectivity index (χ4v) is 2.46. The molecular weight excluding hydrogens is 276 g/mol. The number of methoxy groups -OCH3 is 2. The molecule has 1 atom stereocenters. The van der Waals surface area contributed by atoms with Crippen molar-refractivity contribution in [3.05, 3.63) is 10.3 Å². The fraction of sp³-hybridized carbons (Fsp3) is 0.455. The molecule has 1 aromatic rings. The van der Waals surface area contributed by atoms with Gasteiger partial charge in [-0.2, -0.15) is 0 Å². The molecule has 2 heterocycles. The predicted octanol–water partition coefficient (Wildman–Crippen LogP) is 0.210. The summed E-state index contributed by atoms with van der Waals surface area (Å²) in [6.45, 7) is -0.841. The number of hydrogen-bond donors (Lipinski definition) is 1. The van der Waals surface area contributed by atoms with Crippen LogP contribution >= 0.6 is 11.3 Å². The van der Waals surface area contributed by atoms with Gasteiger partial charge in [0.1, 0.15) is 6.61 Å². The van der Waals surface area contributed by atoms with E-state index < -0.39 is 24.1 Å². The maximum Gasteiger partial charge on any atom is 0.356 e. The maximum atomic E-state index is 11.7. The minimum Gasteiger partial charge on any atom is -0.483 e. The number of aliphatic hydroxyl groups excluding tert-OH is 1. The number of aliphatic hydroxyl groups is 1. The van der Waals surface area contributed by atoms with Crippen molar-refractivity contribution in [3.63, 3.8) is 0 Å². The van der Waals surface area contributed by atoms with Crippen molar-refractivity contribution in [2.45, 2.75) is 5.60 Å². The van der Waals surface area contributed by atoms with E-state index in [9.17, 15) is 14.7 Å². The Bertz CT molecular complexity index is 509. The molecule has 7 nitrogen and oxygen atoms in total. The first-order valence-electron chi connectivity index (χ1n) is 5.29. The second-order valence-electron chi connectivity index (χ2n) is 3.78. The molecule has 0 spiro atoms. The van der Waals surface area contributed by atoms with Crippen LogP contribution in [0.25, 0.3) is 0 Å². The van der Waals surface area contributed by atoms with Gasteiger partial charge >= 0.3 is 11.9 Å². The molecule has 0 saturated heterocycles. The smallest absolute Gasteiger partial charge is 0.356 e. The van der Waals surface area contributed by atoms with E-state index in [-0.39, 0.29) is 23.0 Å². The standard InChI is InChI=1S/C11H12O7S/c1-15-9(13)8-7-6(3-19-8)18-11(4-12,5-17-7)10(14)16-2/h3,12H,4-5H2,1-2H3. The number of carbonyl (C=O) groups excluding carboxylic acids is 2. The third-order valence-corrected chi connectivity index (χ3v) is 3.57. The molecule has 0 saturated carbocycles. The summed E-state index contributed by atoms with van der Waals surface area (Å²) >= 11 is 1.07. The SMILES string of the molecule is COC(=O)c1scc2c1OCC(CO)(C(=O)OC)O2. The van der Waals surface area contributed by atoms with E-state index in [1.165, 1.54) is 19.6 Å². The van der Waals surface area contributed by atoms with Crippen LogP contribution in [0.15, 0.2) is 5.38 Å². The van der Waals surface area contributed by atoms with Gasteiger partial charge in [0.15, 0.2) is 16.4 Å². The second kappa shape index (κ2) is 5.06. The molecule has 0 radical (unpaired) electrons. The molecular formula is C11H12O7S. The molecule has 0 fully saturated rings. The Hall–Kier alpha value is -1.80. The molecule has 0 bridgehead atoms. The number of fused-ring (bicyclic) bond motifs is 1. The van der Waals surface area contributed by atoms with Gasteiger partial charge in [-0.3, -0.25) is 0 Å². The summed E-state index contributed by atoms with van der Waals surface area (Å²) in [5.74, 6) is -0.878. The molecule has 1 unspecified atom stereocenters. The van der Waals surface area contributed by atoms with Crippen LogP contribution in [0.2, 0.25) is 0 Å². The van der Waals surface area contributed by atoms with Crippen LogP contribution in [0.3, 0.4) is 0 Å². The van der Waals surface area contributed by atoms with E-state index in [1.807, 2.05) is 0 Å². The minimum absolute atomic E-state index is 0.205. The Labute approximate surface area is 112 Å². The first kappa shape index (κ1) is 13.6. The number of thiophene rings is 1. The number of esters is 2. The highest BCUT2D eigenvalue weighted by Crippen LogP contribution is 2.43. The molecule has 8 heteroatoms. The molecule has 1 aromatic heterocycles. The van der Waals surface area contributed by atoms with Crippen LogP contribution in [-0.2, 0) is 14.3 Å².